The zero-order chi connectivity index (χ0) is 24.5. The summed E-state index contributed by atoms with van der Waals surface area (Å²) in [4.78, 5) is 25.1. The maximum Gasteiger partial charge on any atom is 0.418 e. The average Bonchev–Trinajstić information content (AvgIpc) is 3.14. The van der Waals surface area contributed by atoms with Gasteiger partial charge in [0.2, 0.25) is 0 Å². The molecule has 176 valence electrons. The van der Waals surface area contributed by atoms with Crippen LogP contribution >= 0.6 is 0 Å². The molecule has 4 rings (SSSR count). The van der Waals surface area contributed by atoms with E-state index in [1.54, 1.807) is 6.92 Å². The van der Waals surface area contributed by atoms with Crippen molar-refractivity contribution < 1.29 is 31.6 Å². The van der Waals surface area contributed by atoms with Crippen LogP contribution in [0.15, 0.2) is 58.0 Å². The minimum atomic E-state index is -4.64. The second-order valence-corrected chi connectivity index (χ2v) is 7.68. The Bertz CT molecular complexity index is 1290. The molecule has 0 radical (unpaired) electrons. The molecule has 3 aromatic rings. The molecule has 1 aliphatic rings. The number of nitrogens with one attached hydrogen (secondary N) is 2. The molecule has 1 aromatic heterocycles. The van der Waals surface area contributed by atoms with Crippen LogP contribution in [0.4, 0.5) is 23.2 Å². The van der Waals surface area contributed by atoms with E-state index in [9.17, 15) is 27.2 Å². The van der Waals surface area contributed by atoms with E-state index in [1.165, 1.54) is 30.3 Å². The van der Waals surface area contributed by atoms with Crippen molar-refractivity contribution >= 4 is 23.2 Å². The molecule has 1 heterocycles. The first-order valence-electron chi connectivity index (χ1n) is 10.4. The minimum absolute atomic E-state index is 0.142. The number of alkyl halides is 3. The lowest BCUT2D eigenvalue weighted by Gasteiger charge is -2.13. The maximum absolute atomic E-state index is 13.8. The maximum atomic E-state index is 13.8. The molecule has 0 saturated carbocycles. The van der Waals surface area contributed by atoms with Crippen molar-refractivity contribution in [1.29, 1.82) is 0 Å². The van der Waals surface area contributed by atoms with E-state index in [4.69, 9.17) is 4.42 Å². The lowest BCUT2D eigenvalue weighted by atomic mass is 9.93. The lowest BCUT2D eigenvalue weighted by molar-refractivity contribution is -0.136. The van der Waals surface area contributed by atoms with Crippen molar-refractivity contribution in [2.45, 2.75) is 32.4 Å². The highest BCUT2D eigenvalue weighted by molar-refractivity contribution is 6.09. The number of hydrogen-bond acceptors (Lipinski definition) is 4. The van der Waals surface area contributed by atoms with Crippen molar-refractivity contribution in [2.24, 2.45) is 5.10 Å². The standard InChI is InChI=1S/C24H19F4N3O3/c1-13-20-18(30-31-22(32)14-7-2-4-9-16(14)25)11-6-12-19(20)34-21(13)23(33)29-17-10-5-3-8-15(17)24(26,27)28/h2-5,7-10H,6,11-12H2,1H3,(H,29,33)(H,31,32)/b30-18+. The van der Waals surface area contributed by atoms with Crippen LogP contribution in [0.5, 0.6) is 0 Å². The van der Waals surface area contributed by atoms with Crippen LogP contribution in [-0.2, 0) is 12.6 Å². The summed E-state index contributed by atoms with van der Waals surface area (Å²) in [5.74, 6) is -1.96. The molecule has 2 amide bonds. The van der Waals surface area contributed by atoms with Crippen molar-refractivity contribution in [3.8, 4) is 0 Å². The SMILES string of the molecule is Cc1c(C(=O)Nc2ccccc2C(F)(F)F)oc2c1/C(=N/NC(=O)c1ccccc1F)CCC2. The predicted molar refractivity (Wildman–Crippen MR) is 116 cm³/mol. The van der Waals surface area contributed by atoms with Gasteiger partial charge in [-0.15, -0.1) is 0 Å². The molecule has 2 N–H and O–H groups in total. The van der Waals surface area contributed by atoms with Crippen molar-refractivity contribution in [2.75, 3.05) is 5.32 Å². The number of halogens is 4. The van der Waals surface area contributed by atoms with Gasteiger partial charge in [0.25, 0.3) is 11.8 Å². The summed E-state index contributed by atoms with van der Waals surface area (Å²) < 4.78 is 59.3. The van der Waals surface area contributed by atoms with Gasteiger partial charge in [0, 0.05) is 17.5 Å². The summed E-state index contributed by atoms with van der Waals surface area (Å²) in [7, 11) is 0. The first-order valence-corrected chi connectivity index (χ1v) is 10.4. The number of fused-ring (bicyclic) bond motifs is 1. The smallest absolute Gasteiger partial charge is 0.418 e. The molecule has 2 aromatic carbocycles. The van der Waals surface area contributed by atoms with Gasteiger partial charge in [-0.2, -0.15) is 18.3 Å². The van der Waals surface area contributed by atoms with Crippen LogP contribution in [0.25, 0.3) is 0 Å². The number of nitrogens with zero attached hydrogens (tertiary/aromatic N) is 1. The summed E-state index contributed by atoms with van der Waals surface area (Å²) in [6, 6.07) is 10.1. The predicted octanol–water partition coefficient (Wildman–Crippen LogP) is 5.47. The average molecular weight is 473 g/mol. The Hall–Kier alpha value is -3.95. The van der Waals surface area contributed by atoms with E-state index in [2.05, 4.69) is 15.8 Å². The molecule has 0 saturated heterocycles. The van der Waals surface area contributed by atoms with E-state index in [0.717, 1.165) is 18.2 Å². The van der Waals surface area contributed by atoms with E-state index < -0.39 is 29.4 Å². The topological polar surface area (TPSA) is 83.7 Å². The van der Waals surface area contributed by atoms with Crippen LogP contribution < -0.4 is 10.7 Å². The van der Waals surface area contributed by atoms with Crippen molar-refractivity contribution in [3.63, 3.8) is 0 Å². The van der Waals surface area contributed by atoms with Crippen LogP contribution in [0.1, 0.15) is 56.2 Å². The van der Waals surface area contributed by atoms with Gasteiger partial charge < -0.3 is 9.73 Å². The van der Waals surface area contributed by atoms with Crippen LogP contribution in [0.2, 0.25) is 0 Å². The molecule has 0 spiro atoms. The fourth-order valence-electron chi connectivity index (χ4n) is 3.84. The molecule has 34 heavy (non-hydrogen) atoms. The van der Waals surface area contributed by atoms with Crippen molar-refractivity contribution in [1.82, 2.24) is 5.43 Å². The van der Waals surface area contributed by atoms with Gasteiger partial charge in [0.1, 0.15) is 11.6 Å². The van der Waals surface area contributed by atoms with Gasteiger partial charge in [-0.1, -0.05) is 24.3 Å². The van der Waals surface area contributed by atoms with E-state index in [1.807, 2.05) is 0 Å². The van der Waals surface area contributed by atoms with Gasteiger partial charge in [-0.05, 0) is 44.0 Å². The Labute approximate surface area is 191 Å². The highest BCUT2D eigenvalue weighted by Crippen LogP contribution is 2.35. The second-order valence-electron chi connectivity index (χ2n) is 7.68. The molecular formula is C24H19F4N3O3. The summed E-state index contributed by atoms with van der Waals surface area (Å²) in [6.07, 6.45) is -3.07. The third-order valence-electron chi connectivity index (χ3n) is 5.42. The van der Waals surface area contributed by atoms with E-state index in [-0.39, 0.29) is 17.0 Å². The molecule has 0 bridgehead atoms. The number of benzene rings is 2. The fourth-order valence-corrected chi connectivity index (χ4v) is 3.84. The molecular weight excluding hydrogens is 454 g/mol. The minimum Gasteiger partial charge on any atom is -0.455 e. The molecule has 1 aliphatic carbocycles. The first kappa shape index (κ1) is 23.2. The molecule has 0 atom stereocenters. The number of anilines is 1. The normalized spacial score (nSPS) is 14.6. The van der Waals surface area contributed by atoms with Gasteiger partial charge in [0.15, 0.2) is 5.76 Å². The van der Waals surface area contributed by atoms with Gasteiger partial charge in [-0.3, -0.25) is 9.59 Å². The highest BCUT2D eigenvalue weighted by atomic mass is 19.4. The number of rotatable bonds is 4. The monoisotopic (exact) mass is 473 g/mol. The Kier molecular flexibility index (Phi) is 6.23. The van der Waals surface area contributed by atoms with Gasteiger partial charge in [0.05, 0.1) is 22.5 Å². The van der Waals surface area contributed by atoms with E-state index in [0.29, 0.717) is 41.9 Å². The molecule has 6 nitrogen and oxygen atoms in total. The van der Waals surface area contributed by atoms with Gasteiger partial charge in [-0.25, -0.2) is 9.82 Å². The Morgan fingerprint density at radius 3 is 2.44 bits per heavy atom. The second kappa shape index (κ2) is 9.12. The van der Waals surface area contributed by atoms with Crippen LogP contribution in [-0.4, -0.2) is 17.5 Å². The fraction of sp³-hybridized carbons (Fsp3) is 0.208. The lowest BCUT2D eigenvalue weighted by Crippen LogP contribution is -2.23. The first-order chi connectivity index (χ1) is 16.2. The number of hydrogen-bond donors (Lipinski definition) is 2. The molecule has 10 heteroatoms. The third-order valence-corrected chi connectivity index (χ3v) is 5.42. The van der Waals surface area contributed by atoms with E-state index >= 15 is 0 Å². The van der Waals surface area contributed by atoms with Gasteiger partial charge >= 0.3 is 6.18 Å². The Morgan fingerprint density at radius 2 is 1.71 bits per heavy atom. The number of para-hydroxylation sites is 1. The van der Waals surface area contributed by atoms with Crippen molar-refractivity contribution in [3.05, 3.63) is 88.1 Å². The zero-order valence-corrected chi connectivity index (χ0v) is 17.9. The largest absolute Gasteiger partial charge is 0.455 e. The summed E-state index contributed by atoms with van der Waals surface area (Å²) in [5.41, 5.74) is 2.11. The number of amides is 2. The molecule has 0 unspecified atom stereocenters. The van der Waals surface area contributed by atoms with Crippen LogP contribution in [0.3, 0.4) is 0 Å². The Balaban J connectivity index is 1.60. The number of aryl methyl sites for hydroxylation is 1. The number of carbonyl (C=O) groups is 2. The molecule has 0 aliphatic heterocycles. The summed E-state index contributed by atoms with van der Waals surface area (Å²) >= 11 is 0. The number of furan rings is 1. The van der Waals surface area contributed by atoms with Crippen LogP contribution in [0, 0.1) is 12.7 Å². The summed E-state index contributed by atoms with van der Waals surface area (Å²) in [5, 5.41) is 6.39. The molecule has 0 fully saturated rings. The Morgan fingerprint density at radius 1 is 1.00 bits per heavy atom. The highest BCUT2D eigenvalue weighted by Gasteiger charge is 2.34. The third kappa shape index (κ3) is 4.57. The number of carbonyl (C=O) groups excluding carboxylic acids is 2. The summed E-state index contributed by atoms with van der Waals surface area (Å²) in [6.45, 7) is 1.59. The quantitative estimate of drug-likeness (QED) is 0.390. The number of hydrazone groups is 1. The zero-order valence-electron chi connectivity index (χ0n) is 17.9.